The number of nitrogens with zero attached hydrogens (tertiary/aromatic N) is 2. The molecule has 0 rings (SSSR count). The molecule has 27 heavy (non-hydrogen) atoms. The molecule has 0 amide bonds. The quantitative estimate of drug-likeness (QED) is 0.138. The van der Waals surface area contributed by atoms with Crippen LogP contribution in [0.2, 0.25) is 0 Å². The molecule has 0 spiro atoms. The molecule has 0 atom stereocenters. The van der Waals surface area contributed by atoms with Crippen molar-refractivity contribution in [3.63, 3.8) is 0 Å². The van der Waals surface area contributed by atoms with Gasteiger partial charge < -0.3 is 30.6 Å². The van der Waals surface area contributed by atoms with E-state index in [1.54, 1.807) is 0 Å². The van der Waals surface area contributed by atoms with Gasteiger partial charge in [0.25, 0.3) is 0 Å². The Bertz CT molecular complexity index is 472. The third kappa shape index (κ3) is 22.0. The molecule has 0 aliphatic rings. The van der Waals surface area contributed by atoms with Crippen molar-refractivity contribution in [2.24, 2.45) is 0 Å². The summed E-state index contributed by atoms with van der Waals surface area (Å²) in [5.41, 5.74) is 0. The zero-order valence-corrected chi connectivity index (χ0v) is 13.3. The summed E-state index contributed by atoms with van der Waals surface area (Å²) in [6, 6.07) is 0. The van der Waals surface area contributed by atoms with Gasteiger partial charge in [0, 0.05) is 13.1 Å². The number of aliphatic carboxylic acids is 6. The van der Waals surface area contributed by atoms with Crippen molar-refractivity contribution < 1.29 is 59.4 Å². The molecule has 0 saturated heterocycles. The van der Waals surface area contributed by atoms with Crippen molar-refractivity contribution in [3.8, 4) is 0 Å². The van der Waals surface area contributed by atoms with Crippen molar-refractivity contribution in [1.29, 1.82) is 0 Å². The number of carboxylic acid groups (broad SMARTS) is 6. The third-order valence-electron chi connectivity index (χ3n) is 2.35. The van der Waals surface area contributed by atoms with Crippen LogP contribution < -0.4 is 0 Å². The minimum absolute atomic E-state index is 0. The Morgan fingerprint density at radius 2 is 0.667 bits per heavy atom. The standard InChI is InChI=1S/C10H16N2O8.C2H2O4.Ca.2H/c13-7(14)3-11(4-8(15)16)1-2-12(5-9(17)18)6-10(19)20;3-1(4)2(5)6;;;/h1-6H2,(H,13,14)(H,15,16)(H,17,18)(H,19,20);(H,3,4)(H,5,6);;;. The molecular weight excluding hydrogens is 404 g/mol. The second-order valence-electron chi connectivity index (χ2n) is 4.61. The molecule has 0 aromatic heterocycles. The van der Waals surface area contributed by atoms with E-state index in [9.17, 15) is 19.2 Å². The van der Waals surface area contributed by atoms with E-state index in [1.807, 2.05) is 0 Å². The topological polar surface area (TPSA) is 230 Å². The maximum atomic E-state index is 10.6. The Labute approximate surface area is 181 Å². The maximum absolute atomic E-state index is 10.6. The zero-order chi connectivity index (χ0) is 20.9. The molecule has 6 N–H and O–H groups in total. The molecule has 0 fully saturated rings. The predicted molar refractivity (Wildman–Crippen MR) is 87.2 cm³/mol. The van der Waals surface area contributed by atoms with Crippen molar-refractivity contribution in [1.82, 2.24) is 9.80 Å². The van der Waals surface area contributed by atoms with E-state index in [0.717, 1.165) is 9.80 Å². The van der Waals surface area contributed by atoms with Gasteiger partial charge in [-0.25, -0.2) is 9.59 Å². The average molecular weight is 424 g/mol. The molecular formula is C12H20CaN2O12. The molecule has 0 heterocycles. The molecule has 0 radical (unpaired) electrons. The summed E-state index contributed by atoms with van der Waals surface area (Å²) in [6.07, 6.45) is 0. The van der Waals surface area contributed by atoms with Gasteiger partial charge in [-0.15, -0.1) is 0 Å². The van der Waals surface area contributed by atoms with Gasteiger partial charge in [-0.1, -0.05) is 0 Å². The molecule has 15 heteroatoms. The van der Waals surface area contributed by atoms with Crippen molar-refractivity contribution in [3.05, 3.63) is 0 Å². The van der Waals surface area contributed by atoms with Crippen LogP contribution in [0, 0.1) is 0 Å². The zero-order valence-electron chi connectivity index (χ0n) is 13.3. The monoisotopic (exact) mass is 424 g/mol. The van der Waals surface area contributed by atoms with Gasteiger partial charge in [-0.3, -0.25) is 29.0 Å². The van der Waals surface area contributed by atoms with E-state index in [4.69, 9.17) is 40.2 Å². The second-order valence-corrected chi connectivity index (χ2v) is 4.61. The van der Waals surface area contributed by atoms with Crippen LogP contribution >= 0.6 is 0 Å². The second kappa shape index (κ2) is 16.2. The normalized spacial score (nSPS) is 9.56. The number of rotatable bonds is 11. The van der Waals surface area contributed by atoms with E-state index >= 15 is 0 Å². The van der Waals surface area contributed by atoms with E-state index < -0.39 is 62.0 Å². The van der Waals surface area contributed by atoms with Crippen LogP contribution in [0.4, 0.5) is 0 Å². The predicted octanol–water partition coefficient (Wildman–Crippen LogP) is -3.83. The molecule has 0 saturated carbocycles. The fourth-order valence-corrected chi connectivity index (χ4v) is 1.48. The summed E-state index contributed by atoms with van der Waals surface area (Å²) in [7, 11) is 0. The van der Waals surface area contributed by atoms with Crippen LogP contribution in [-0.2, 0) is 28.8 Å². The van der Waals surface area contributed by atoms with Crippen molar-refractivity contribution in [2.75, 3.05) is 39.3 Å². The third-order valence-corrected chi connectivity index (χ3v) is 2.35. The van der Waals surface area contributed by atoms with Gasteiger partial charge in [0.1, 0.15) is 0 Å². The van der Waals surface area contributed by atoms with E-state index in [1.165, 1.54) is 0 Å². The summed E-state index contributed by atoms with van der Waals surface area (Å²) in [5, 5.41) is 49.2. The van der Waals surface area contributed by atoms with Crippen LogP contribution in [-0.4, -0.2) is 153 Å². The summed E-state index contributed by atoms with van der Waals surface area (Å²) < 4.78 is 0. The fraction of sp³-hybridized carbons (Fsp3) is 0.500. The van der Waals surface area contributed by atoms with Crippen LogP contribution in [0.3, 0.4) is 0 Å². The molecule has 0 aliphatic heterocycles. The molecule has 0 bridgehead atoms. The molecule has 14 nitrogen and oxygen atoms in total. The van der Waals surface area contributed by atoms with Gasteiger partial charge in [0.2, 0.25) is 0 Å². The molecule has 152 valence electrons. The summed E-state index contributed by atoms with van der Waals surface area (Å²) in [6.45, 7) is -2.25. The minimum atomic E-state index is -1.82. The number of hydrogen-bond donors (Lipinski definition) is 6. The average Bonchev–Trinajstić information content (AvgIpc) is 2.42. The van der Waals surface area contributed by atoms with Crippen LogP contribution in [0.25, 0.3) is 0 Å². The number of carboxylic acids is 6. The molecule has 0 aromatic carbocycles. The molecule has 0 unspecified atom stereocenters. The fourth-order valence-electron chi connectivity index (χ4n) is 1.48. The van der Waals surface area contributed by atoms with Crippen molar-refractivity contribution in [2.45, 2.75) is 0 Å². The number of hydrogen-bond acceptors (Lipinski definition) is 8. The Morgan fingerprint density at radius 1 is 0.481 bits per heavy atom. The molecule has 0 aromatic rings. The van der Waals surface area contributed by atoms with E-state index in [0.29, 0.717) is 0 Å². The van der Waals surface area contributed by atoms with Gasteiger partial charge in [0.05, 0.1) is 26.2 Å². The van der Waals surface area contributed by atoms with Crippen LogP contribution in [0.5, 0.6) is 0 Å². The SMILES string of the molecule is O=C(O)C(=O)O.O=C(O)CN(CCN(CC(=O)O)CC(=O)O)CC(=O)O.[CaH2]. The van der Waals surface area contributed by atoms with Crippen molar-refractivity contribution >= 4 is 73.6 Å². The first-order chi connectivity index (χ1) is 11.8. The summed E-state index contributed by atoms with van der Waals surface area (Å²) in [4.78, 5) is 62.6. The Kier molecular flexibility index (Phi) is 17.8. The first-order valence-corrected chi connectivity index (χ1v) is 6.63. The number of carbonyl (C=O) groups is 6. The van der Waals surface area contributed by atoms with E-state index in [-0.39, 0.29) is 50.8 Å². The first kappa shape index (κ1) is 29.8. The van der Waals surface area contributed by atoms with Crippen LogP contribution in [0.1, 0.15) is 0 Å². The van der Waals surface area contributed by atoms with Gasteiger partial charge in [-0.05, 0) is 0 Å². The Balaban J connectivity index is -0.000000709. The van der Waals surface area contributed by atoms with Gasteiger partial charge >= 0.3 is 73.6 Å². The summed E-state index contributed by atoms with van der Waals surface area (Å²) in [5.74, 6) is -8.56. The van der Waals surface area contributed by atoms with E-state index in [2.05, 4.69) is 0 Å². The summed E-state index contributed by atoms with van der Waals surface area (Å²) >= 11 is 0. The van der Waals surface area contributed by atoms with Gasteiger partial charge in [0.15, 0.2) is 0 Å². The Morgan fingerprint density at radius 3 is 0.778 bits per heavy atom. The van der Waals surface area contributed by atoms with Crippen LogP contribution in [0.15, 0.2) is 0 Å². The Hall–Kier alpha value is -2.00. The first-order valence-electron chi connectivity index (χ1n) is 6.63. The van der Waals surface area contributed by atoms with Gasteiger partial charge in [-0.2, -0.15) is 0 Å². The molecule has 0 aliphatic carbocycles.